The van der Waals surface area contributed by atoms with Gasteiger partial charge < -0.3 is 16.0 Å². The highest BCUT2D eigenvalue weighted by atomic mass is 32.1. The van der Waals surface area contributed by atoms with Gasteiger partial charge in [-0.2, -0.15) is 0 Å². The Morgan fingerprint density at radius 2 is 1.47 bits per heavy atom. The van der Waals surface area contributed by atoms with Gasteiger partial charge in [0, 0.05) is 35.6 Å². The molecule has 0 aliphatic carbocycles. The molecule has 0 aliphatic heterocycles. The lowest BCUT2D eigenvalue weighted by molar-refractivity contribution is 0.102. The van der Waals surface area contributed by atoms with E-state index in [-0.39, 0.29) is 5.91 Å². The number of benzene rings is 2. The Morgan fingerprint density at radius 1 is 0.812 bits per heavy atom. The molecule has 32 heavy (non-hydrogen) atoms. The number of hydrogen-bond acceptors (Lipinski definition) is 3. The lowest BCUT2D eigenvalue weighted by Crippen LogP contribution is -2.23. The number of aryl methyl sites for hydroxylation is 1. The summed E-state index contributed by atoms with van der Waals surface area (Å²) in [5, 5.41) is 9.77. The van der Waals surface area contributed by atoms with Gasteiger partial charge >= 0.3 is 0 Å². The van der Waals surface area contributed by atoms with Crippen LogP contribution in [0.4, 0.5) is 11.4 Å². The zero-order chi connectivity index (χ0) is 23.2. The normalized spacial score (nSPS) is 10.6. The number of thiocarbonyl (C=S) groups is 1. The minimum absolute atomic E-state index is 0.113. The second-order valence-electron chi connectivity index (χ2n) is 8.37. The molecule has 2 aromatic carbocycles. The van der Waals surface area contributed by atoms with Crippen LogP contribution in [0.15, 0.2) is 42.5 Å². The summed E-state index contributed by atoms with van der Waals surface area (Å²) in [6.45, 7) is 8.22. The van der Waals surface area contributed by atoms with Gasteiger partial charge in [-0.15, -0.1) is 0 Å². The van der Waals surface area contributed by atoms with Gasteiger partial charge in [0.25, 0.3) is 5.91 Å². The molecule has 5 heteroatoms. The van der Waals surface area contributed by atoms with E-state index in [2.05, 4.69) is 29.8 Å². The Balaban J connectivity index is 1.87. The zero-order valence-electron chi connectivity index (χ0n) is 19.9. The number of hydrogen-bond donors (Lipinski definition) is 3. The van der Waals surface area contributed by atoms with Gasteiger partial charge in [-0.25, -0.2) is 0 Å². The van der Waals surface area contributed by atoms with Gasteiger partial charge in [-0.1, -0.05) is 76.7 Å². The van der Waals surface area contributed by atoms with Crippen molar-refractivity contribution in [1.82, 2.24) is 5.32 Å². The second kappa shape index (κ2) is 14.6. The van der Waals surface area contributed by atoms with Crippen LogP contribution < -0.4 is 16.0 Å². The maximum absolute atomic E-state index is 12.8. The second-order valence-corrected chi connectivity index (χ2v) is 8.77. The molecule has 0 spiro atoms. The summed E-state index contributed by atoms with van der Waals surface area (Å²) < 4.78 is 0. The topological polar surface area (TPSA) is 53.2 Å². The van der Waals surface area contributed by atoms with Crippen molar-refractivity contribution in [3.05, 3.63) is 59.2 Å². The first-order valence-corrected chi connectivity index (χ1v) is 12.5. The molecule has 0 bridgehead atoms. The molecule has 0 radical (unpaired) electrons. The predicted molar refractivity (Wildman–Crippen MR) is 142 cm³/mol. The first-order chi connectivity index (χ1) is 15.5. The third-order valence-electron chi connectivity index (χ3n) is 5.57. The van der Waals surface area contributed by atoms with Crippen molar-refractivity contribution in [3.8, 4) is 0 Å². The summed E-state index contributed by atoms with van der Waals surface area (Å²) in [6.07, 6.45) is 9.92. The molecular weight excluding hydrogens is 414 g/mol. The average molecular weight is 454 g/mol. The van der Waals surface area contributed by atoms with Crippen molar-refractivity contribution in [1.29, 1.82) is 0 Å². The molecule has 0 unspecified atom stereocenters. The van der Waals surface area contributed by atoms with Gasteiger partial charge in [-0.3, -0.25) is 4.79 Å². The van der Waals surface area contributed by atoms with Crippen LogP contribution in [0.25, 0.3) is 0 Å². The number of carbonyl (C=O) groups excluding carboxylic acids is 1. The van der Waals surface area contributed by atoms with Crippen LogP contribution in [-0.4, -0.2) is 24.0 Å². The summed E-state index contributed by atoms with van der Waals surface area (Å²) >= 11 is 5.50. The summed E-state index contributed by atoms with van der Waals surface area (Å²) in [7, 11) is 0. The fourth-order valence-electron chi connectivity index (χ4n) is 3.45. The molecule has 0 saturated carbocycles. The van der Waals surface area contributed by atoms with Gasteiger partial charge in [0.15, 0.2) is 0 Å². The largest absolute Gasteiger partial charge is 0.385 e. The molecule has 2 aromatic rings. The zero-order valence-corrected chi connectivity index (χ0v) is 20.7. The van der Waals surface area contributed by atoms with Crippen LogP contribution >= 0.6 is 12.2 Å². The SMILES string of the molecule is CCCCCCCCNc1ccc(C(=O)Nc2cc(C(=S)NCCCC)ccc2C)cc1. The quantitative estimate of drug-likeness (QED) is 0.211. The first-order valence-electron chi connectivity index (χ1n) is 12.1. The summed E-state index contributed by atoms with van der Waals surface area (Å²) in [5.41, 5.74) is 4.42. The molecule has 0 heterocycles. The van der Waals surface area contributed by atoms with Crippen molar-refractivity contribution >= 4 is 34.5 Å². The predicted octanol–water partition coefficient (Wildman–Crippen LogP) is 7.08. The number of anilines is 2. The minimum Gasteiger partial charge on any atom is -0.385 e. The van der Waals surface area contributed by atoms with Crippen LogP contribution in [0.1, 0.15) is 86.7 Å². The number of rotatable bonds is 14. The van der Waals surface area contributed by atoms with E-state index in [4.69, 9.17) is 12.2 Å². The van der Waals surface area contributed by atoms with Gasteiger partial charge in [0.2, 0.25) is 0 Å². The van der Waals surface area contributed by atoms with E-state index in [1.807, 2.05) is 49.4 Å². The highest BCUT2D eigenvalue weighted by Crippen LogP contribution is 2.19. The van der Waals surface area contributed by atoms with Crippen LogP contribution in [0, 0.1) is 6.92 Å². The first kappa shape index (κ1) is 25.9. The number of unbranched alkanes of at least 4 members (excludes halogenated alkanes) is 6. The standard InChI is InChI=1S/C27H39N3OS/c1-4-6-8-9-10-11-19-28-24-16-14-22(15-17-24)26(31)30-25-20-23(13-12-21(25)3)27(32)29-18-7-5-2/h12-17,20,28H,4-11,18-19H2,1-3H3,(H,29,32)(H,30,31). The minimum atomic E-state index is -0.113. The summed E-state index contributed by atoms with van der Waals surface area (Å²) in [4.78, 5) is 13.5. The average Bonchev–Trinajstić information content (AvgIpc) is 2.80. The van der Waals surface area contributed by atoms with Gasteiger partial charge in [0.05, 0.1) is 0 Å². The maximum Gasteiger partial charge on any atom is 0.255 e. The molecular formula is C27H39N3OS. The van der Waals surface area contributed by atoms with Crippen LogP contribution in [0.2, 0.25) is 0 Å². The van der Waals surface area contributed by atoms with Crippen LogP contribution in [-0.2, 0) is 0 Å². The summed E-state index contributed by atoms with van der Waals surface area (Å²) in [6, 6.07) is 13.6. The molecule has 1 amide bonds. The maximum atomic E-state index is 12.8. The van der Waals surface area contributed by atoms with Crippen molar-refractivity contribution in [2.24, 2.45) is 0 Å². The van der Waals surface area contributed by atoms with E-state index in [0.717, 1.165) is 53.4 Å². The Labute approximate surface area is 199 Å². The van der Waals surface area contributed by atoms with E-state index >= 15 is 0 Å². The van der Waals surface area contributed by atoms with E-state index in [0.29, 0.717) is 5.56 Å². The number of carbonyl (C=O) groups is 1. The van der Waals surface area contributed by atoms with Crippen LogP contribution in [0.3, 0.4) is 0 Å². The number of amides is 1. The molecule has 3 N–H and O–H groups in total. The third-order valence-corrected chi connectivity index (χ3v) is 5.95. The fraction of sp³-hybridized carbons (Fsp3) is 0.481. The van der Waals surface area contributed by atoms with Gasteiger partial charge in [0.1, 0.15) is 4.99 Å². The van der Waals surface area contributed by atoms with E-state index in [1.54, 1.807) is 0 Å². The monoisotopic (exact) mass is 453 g/mol. The molecule has 0 aromatic heterocycles. The molecule has 4 nitrogen and oxygen atoms in total. The van der Waals surface area contributed by atoms with Crippen LogP contribution in [0.5, 0.6) is 0 Å². The molecule has 0 fully saturated rings. The Bertz CT molecular complexity index is 848. The Hall–Kier alpha value is -2.40. The molecule has 0 aliphatic rings. The molecule has 0 saturated heterocycles. The lowest BCUT2D eigenvalue weighted by Gasteiger charge is -2.13. The number of nitrogens with one attached hydrogen (secondary N) is 3. The lowest BCUT2D eigenvalue weighted by atomic mass is 10.1. The van der Waals surface area contributed by atoms with Crippen molar-refractivity contribution in [3.63, 3.8) is 0 Å². The Kier molecular flexibility index (Phi) is 11.8. The smallest absolute Gasteiger partial charge is 0.255 e. The van der Waals surface area contributed by atoms with Crippen molar-refractivity contribution < 1.29 is 4.79 Å². The van der Waals surface area contributed by atoms with Gasteiger partial charge in [-0.05, 0) is 55.7 Å². The van der Waals surface area contributed by atoms with Crippen molar-refractivity contribution in [2.45, 2.75) is 72.1 Å². The molecule has 2 rings (SSSR count). The molecule has 0 atom stereocenters. The van der Waals surface area contributed by atoms with E-state index < -0.39 is 0 Å². The fourth-order valence-corrected chi connectivity index (χ4v) is 3.68. The highest BCUT2D eigenvalue weighted by Gasteiger charge is 2.10. The highest BCUT2D eigenvalue weighted by molar-refractivity contribution is 7.80. The van der Waals surface area contributed by atoms with E-state index in [1.165, 1.54) is 38.5 Å². The van der Waals surface area contributed by atoms with E-state index in [9.17, 15) is 4.79 Å². The summed E-state index contributed by atoms with van der Waals surface area (Å²) in [5.74, 6) is -0.113. The van der Waals surface area contributed by atoms with Crippen molar-refractivity contribution in [2.75, 3.05) is 23.7 Å². The molecule has 174 valence electrons. The Morgan fingerprint density at radius 3 is 2.19 bits per heavy atom. The third kappa shape index (κ3) is 8.99.